The van der Waals surface area contributed by atoms with Gasteiger partial charge < -0.3 is 4.90 Å². The van der Waals surface area contributed by atoms with Gasteiger partial charge in [0.15, 0.2) is 5.78 Å². The summed E-state index contributed by atoms with van der Waals surface area (Å²) in [5.74, 6) is 0.924. The summed E-state index contributed by atoms with van der Waals surface area (Å²) in [6.45, 7) is 8.99. The molecular formula is C18H24N2O2. The SMILES string of the molecule is CC(C)CN1CCN(C(=O)c2cccc3c2CCC3=O)CC1. The van der Waals surface area contributed by atoms with E-state index >= 15 is 0 Å². The number of hydrogen-bond acceptors (Lipinski definition) is 3. The summed E-state index contributed by atoms with van der Waals surface area (Å²) in [4.78, 5) is 29.0. The second-order valence-corrected chi connectivity index (χ2v) is 6.74. The topological polar surface area (TPSA) is 40.6 Å². The van der Waals surface area contributed by atoms with Gasteiger partial charge in [-0.3, -0.25) is 14.5 Å². The van der Waals surface area contributed by atoms with Crippen molar-refractivity contribution in [1.82, 2.24) is 9.80 Å². The first-order valence-electron chi connectivity index (χ1n) is 8.23. The van der Waals surface area contributed by atoms with Crippen LogP contribution in [0.5, 0.6) is 0 Å². The third-order valence-corrected chi connectivity index (χ3v) is 4.59. The lowest BCUT2D eigenvalue weighted by Gasteiger charge is -2.35. The van der Waals surface area contributed by atoms with E-state index in [0.717, 1.165) is 49.4 Å². The first-order chi connectivity index (χ1) is 10.6. The molecule has 0 atom stereocenters. The average Bonchev–Trinajstić information content (AvgIpc) is 2.88. The zero-order valence-electron chi connectivity index (χ0n) is 13.5. The van der Waals surface area contributed by atoms with Crippen molar-refractivity contribution < 1.29 is 9.59 Å². The van der Waals surface area contributed by atoms with Crippen LogP contribution >= 0.6 is 0 Å². The van der Waals surface area contributed by atoms with Gasteiger partial charge in [0.2, 0.25) is 0 Å². The molecule has 0 saturated carbocycles. The number of nitrogens with zero attached hydrogens (tertiary/aromatic N) is 2. The van der Waals surface area contributed by atoms with Gasteiger partial charge in [-0.05, 0) is 24.0 Å². The first-order valence-corrected chi connectivity index (χ1v) is 8.23. The molecular weight excluding hydrogens is 276 g/mol. The zero-order valence-corrected chi connectivity index (χ0v) is 13.5. The summed E-state index contributed by atoms with van der Waals surface area (Å²) < 4.78 is 0. The fourth-order valence-electron chi connectivity index (χ4n) is 3.51. The third kappa shape index (κ3) is 2.93. The summed E-state index contributed by atoms with van der Waals surface area (Å²) in [6.07, 6.45) is 1.26. The highest BCUT2D eigenvalue weighted by Crippen LogP contribution is 2.26. The van der Waals surface area contributed by atoms with E-state index in [1.54, 1.807) is 0 Å². The maximum absolute atomic E-state index is 12.8. The highest BCUT2D eigenvalue weighted by Gasteiger charge is 2.28. The van der Waals surface area contributed by atoms with Crippen LogP contribution in [0.15, 0.2) is 18.2 Å². The van der Waals surface area contributed by atoms with E-state index in [4.69, 9.17) is 0 Å². The highest BCUT2D eigenvalue weighted by atomic mass is 16.2. The fourth-order valence-corrected chi connectivity index (χ4v) is 3.51. The van der Waals surface area contributed by atoms with Gasteiger partial charge >= 0.3 is 0 Å². The van der Waals surface area contributed by atoms with Gasteiger partial charge in [0.25, 0.3) is 5.91 Å². The van der Waals surface area contributed by atoms with Gasteiger partial charge in [-0.15, -0.1) is 0 Å². The molecule has 3 rings (SSSR count). The molecule has 1 fully saturated rings. The van der Waals surface area contributed by atoms with E-state index in [-0.39, 0.29) is 11.7 Å². The number of hydrogen-bond donors (Lipinski definition) is 0. The molecule has 0 bridgehead atoms. The summed E-state index contributed by atoms with van der Waals surface area (Å²) >= 11 is 0. The third-order valence-electron chi connectivity index (χ3n) is 4.59. The Labute approximate surface area is 132 Å². The molecule has 0 unspecified atom stereocenters. The summed E-state index contributed by atoms with van der Waals surface area (Å²) in [6, 6.07) is 5.56. The van der Waals surface area contributed by atoms with Gasteiger partial charge in [-0.2, -0.15) is 0 Å². The lowest BCUT2D eigenvalue weighted by atomic mass is 10.0. The molecule has 1 aliphatic carbocycles. The number of fused-ring (bicyclic) bond motifs is 1. The minimum absolute atomic E-state index is 0.0933. The van der Waals surface area contributed by atoms with E-state index in [9.17, 15) is 9.59 Å². The highest BCUT2D eigenvalue weighted by molar-refractivity contribution is 6.05. The van der Waals surface area contributed by atoms with Gasteiger partial charge in [-0.1, -0.05) is 26.0 Å². The fraction of sp³-hybridized carbons (Fsp3) is 0.556. The van der Waals surface area contributed by atoms with Gasteiger partial charge in [-0.25, -0.2) is 0 Å². The van der Waals surface area contributed by atoms with Crippen molar-refractivity contribution in [2.45, 2.75) is 26.7 Å². The number of benzene rings is 1. The molecule has 1 amide bonds. The number of piperazine rings is 1. The second kappa shape index (κ2) is 6.21. The van der Waals surface area contributed by atoms with Crippen LogP contribution in [0.4, 0.5) is 0 Å². The normalized spacial score (nSPS) is 18.9. The number of rotatable bonds is 3. The molecule has 2 aliphatic rings. The number of Topliss-reactive ketones (excluding diaryl/α,β-unsaturated/α-hetero) is 1. The van der Waals surface area contributed by atoms with E-state index in [0.29, 0.717) is 18.8 Å². The molecule has 1 aliphatic heterocycles. The minimum atomic E-state index is 0.0933. The molecule has 0 radical (unpaired) electrons. The summed E-state index contributed by atoms with van der Waals surface area (Å²) in [7, 11) is 0. The van der Waals surface area contributed by atoms with Gasteiger partial charge in [0.1, 0.15) is 0 Å². The van der Waals surface area contributed by atoms with E-state index < -0.39 is 0 Å². The first kappa shape index (κ1) is 15.2. The van der Waals surface area contributed by atoms with Crippen LogP contribution in [0.2, 0.25) is 0 Å². The standard InChI is InChI=1S/C18H24N2O2/c1-13(2)12-19-8-10-20(11-9-19)18(22)16-5-3-4-15-14(16)6-7-17(15)21/h3-5,13H,6-12H2,1-2H3. The molecule has 4 nitrogen and oxygen atoms in total. The van der Waals surface area contributed by atoms with Crippen LogP contribution in [0.1, 0.15) is 46.5 Å². The predicted molar refractivity (Wildman–Crippen MR) is 86.3 cm³/mol. The average molecular weight is 300 g/mol. The Morgan fingerprint density at radius 1 is 1.14 bits per heavy atom. The lowest BCUT2D eigenvalue weighted by molar-refractivity contribution is 0.0623. The molecule has 0 spiro atoms. The largest absolute Gasteiger partial charge is 0.336 e. The van der Waals surface area contributed by atoms with E-state index in [1.165, 1.54) is 0 Å². The quantitative estimate of drug-likeness (QED) is 0.859. The molecule has 22 heavy (non-hydrogen) atoms. The summed E-state index contributed by atoms with van der Waals surface area (Å²) in [5.41, 5.74) is 2.45. The Kier molecular flexibility index (Phi) is 4.30. The van der Waals surface area contributed by atoms with Gasteiger partial charge in [0.05, 0.1) is 0 Å². The van der Waals surface area contributed by atoms with Crippen LogP contribution in [0.25, 0.3) is 0 Å². The van der Waals surface area contributed by atoms with Crippen LogP contribution < -0.4 is 0 Å². The minimum Gasteiger partial charge on any atom is -0.336 e. The smallest absolute Gasteiger partial charge is 0.254 e. The number of ketones is 1. The van der Waals surface area contributed by atoms with Crippen LogP contribution in [-0.4, -0.2) is 54.2 Å². The predicted octanol–water partition coefficient (Wildman–Crippen LogP) is 2.23. The van der Waals surface area contributed by atoms with Crippen molar-refractivity contribution in [3.8, 4) is 0 Å². The van der Waals surface area contributed by atoms with Crippen molar-refractivity contribution >= 4 is 11.7 Å². The Balaban J connectivity index is 1.70. The Morgan fingerprint density at radius 3 is 2.55 bits per heavy atom. The van der Waals surface area contributed by atoms with Crippen molar-refractivity contribution in [1.29, 1.82) is 0 Å². The molecule has 1 heterocycles. The number of carbonyl (C=O) groups is 2. The van der Waals surface area contributed by atoms with Crippen molar-refractivity contribution in [3.63, 3.8) is 0 Å². The number of amides is 1. The van der Waals surface area contributed by atoms with Crippen LogP contribution in [0.3, 0.4) is 0 Å². The molecule has 118 valence electrons. The monoisotopic (exact) mass is 300 g/mol. The molecule has 1 aromatic rings. The van der Waals surface area contributed by atoms with Crippen molar-refractivity contribution in [2.24, 2.45) is 5.92 Å². The van der Waals surface area contributed by atoms with Crippen LogP contribution in [-0.2, 0) is 6.42 Å². The van der Waals surface area contributed by atoms with Gasteiger partial charge in [0, 0.05) is 50.3 Å². The maximum atomic E-state index is 12.8. The van der Waals surface area contributed by atoms with Crippen molar-refractivity contribution in [2.75, 3.05) is 32.7 Å². The van der Waals surface area contributed by atoms with Crippen LogP contribution in [0, 0.1) is 5.92 Å². The van der Waals surface area contributed by atoms with E-state index in [1.807, 2.05) is 23.1 Å². The molecule has 1 saturated heterocycles. The maximum Gasteiger partial charge on any atom is 0.254 e. The Bertz CT molecular complexity index is 587. The molecule has 1 aromatic carbocycles. The second-order valence-electron chi connectivity index (χ2n) is 6.74. The number of carbonyl (C=O) groups excluding carboxylic acids is 2. The molecule has 0 N–H and O–H groups in total. The molecule has 0 aromatic heterocycles. The Hall–Kier alpha value is -1.68. The van der Waals surface area contributed by atoms with Crippen molar-refractivity contribution in [3.05, 3.63) is 34.9 Å². The molecule has 4 heteroatoms. The zero-order chi connectivity index (χ0) is 15.7. The summed E-state index contributed by atoms with van der Waals surface area (Å²) in [5, 5.41) is 0. The van der Waals surface area contributed by atoms with E-state index in [2.05, 4.69) is 18.7 Å². The lowest BCUT2D eigenvalue weighted by Crippen LogP contribution is -2.49. The Morgan fingerprint density at radius 2 is 1.86 bits per heavy atom.